The van der Waals surface area contributed by atoms with Gasteiger partial charge in [0.2, 0.25) is 0 Å². The Morgan fingerprint density at radius 2 is 1.83 bits per heavy atom. The van der Waals surface area contributed by atoms with Crippen LogP contribution < -0.4 is 0 Å². The van der Waals surface area contributed by atoms with E-state index in [0.717, 1.165) is 37.2 Å². The van der Waals surface area contributed by atoms with Crippen LogP contribution in [0.4, 0.5) is 4.79 Å². The molecule has 6 nitrogen and oxygen atoms in total. The number of carbonyl (C=O) groups excluding carboxylic acids is 2. The Morgan fingerprint density at radius 3 is 2.58 bits per heavy atom. The van der Waals surface area contributed by atoms with E-state index in [-0.39, 0.29) is 11.9 Å². The lowest BCUT2D eigenvalue weighted by Gasteiger charge is -2.28. The van der Waals surface area contributed by atoms with Crippen molar-refractivity contribution in [2.75, 3.05) is 19.6 Å². The van der Waals surface area contributed by atoms with Gasteiger partial charge in [-0.25, -0.2) is 4.79 Å². The quantitative estimate of drug-likeness (QED) is 0.869. The molecule has 1 aromatic carbocycles. The van der Waals surface area contributed by atoms with E-state index >= 15 is 0 Å². The van der Waals surface area contributed by atoms with Gasteiger partial charge in [0.05, 0.1) is 17.5 Å². The molecule has 1 fully saturated rings. The number of amides is 2. The van der Waals surface area contributed by atoms with Gasteiger partial charge in [-0.05, 0) is 18.4 Å². The predicted molar refractivity (Wildman–Crippen MR) is 88.7 cm³/mol. The van der Waals surface area contributed by atoms with Crippen LogP contribution in [0.1, 0.15) is 34.5 Å². The summed E-state index contributed by atoms with van der Waals surface area (Å²) in [7, 11) is 0. The molecule has 0 radical (unpaired) electrons. The van der Waals surface area contributed by atoms with Gasteiger partial charge in [0.25, 0.3) is 5.91 Å². The summed E-state index contributed by atoms with van der Waals surface area (Å²) in [5, 5.41) is 4.20. The lowest BCUT2D eigenvalue weighted by Crippen LogP contribution is -2.42. The first kappa shape index (κ1) is 14.9. The summed E-state index contributed by atoms with van der Waals surface area (Å²) in [5.41, 5.74) is 2.43. The van der Waals surface area contributed by atoms with E-state index in [9.17, 15) is 9.59 Å². The summed E-state index contributed by atoms with van der Waals surface area (Å²) in [6.45, 7) is 2.78. The van der Waals surface area contributed by atoms with Crippen LogP contribution in [0.25, 0.3) is 0 Å². The van der Waals surface area contributed by atoms with Crippen LogP contribution in [-0.2, 0) is 13.0 Å². The van der Waals surface area contributed by atoms with Crippen molar-refractivity contribution in [1.82, 2.24) is 19.6 Å². The zero-order valence-electron chi connectivity index (χ0n) is 13.5. The molecule has 0 bridgehead atoms. The van der Waals surface area contributed by atoms with Crippen molar-refractivity contribution in [2.24, 2.45) is 0 Å². The van der Waals surface area contributed by atoms with E-state index < -0.39 is 0 Å². The Balaban J connectivity index is 1.55. The van der Waals surface area contributed by atoms with E-state index in [4.69, 9.17) is 0 Å². The van der Waals surface area contributed by atoms with Gasteiger partial charge >= 0.3 is 6.03 Å². The highest BCUT2D eigenvalue weighted by Crippen LogP contribution is 2.21. The minimum atomic E-state index is -0.152. The summed E-state index contributed by atoms with van der Waals surface area (Å²) in [5.74, 6) is 0.0121. The third-order valence-corrected chi connectivity index (χ3v) is 4.78. The van der Waals surface area contributed by atoms with Gasteiger partial charge in [0, 0.05) is 32.6 Å². The number of hydrogen-bond donors (Lipinski definition) is 0. The smallest absolute Gasteiger partial charge is 0.339 e. The van der Waals surface area contributed by atoms with Gasteiger partial charge in [-0.3, -0.25) is 4.79 Å². The molecule has 2 aliphatic rings. The second kappa shape index (κ2) is 6.11. The van der Waals surface area contributed by atoms with E-state index in [2.05, 4.69) is 5.10 Å². The Kier molecular flexibility index (Phi) is 3.80. The first-order valence-corrected chi connectivity index (χ1v) is 8.43. The molecule has 0 spiro atoms. The number of rotatable bonds is 3. The van der Waals surface area contributed by atoms with Gasteiger partial charge in [0.1, 0.15) is 0 Å². The molecule has 4 rings (SSSR count). The Labute approximate surface area is 140 Å². The molecule has 0 N–H and O–H groups in total. The number of benzene rings is 1. The van der Waals surface area contributed by atoms with Crippen molar-refractivity contribution in [1.29, 1.82) is 0 Å². The Bertz CT molecular complexity index is 763. The number of hydrogen-bond acceptors (Lipinski definition) is 3. The zero-order valence-corrected chi connectivity index (χ0v) is 13.5. The maximum Gasteiger partial charge on any atom is 0.345 e. The molecular weight excluding hydrogens is 304 g/mol. The van der Waals surface area contributed by atoms with E-state index in [1.54, 1.807) is 11.1 Å². The fourth-order valence-corrected chi connectivity index (χ4v) is 3.47. The maximum atomic E-state index is 12.7. The topological polar surface area (TPSA) is 58.4 Å². The molecule has 0 atom stereocenters. The maximum absolute atomic E-state index is 12.7. The van der Waals surface area contributed by atoms with E-state index in [1.165, 1.54) is 4.68 Å². The van der Waals surface area contributed by atoms with Crippen LogP contribution in [0.3, 0.4) is 0 Å². The summed E-state index contributed by atoms with van der Waals surface area (Å²) in [6, 6.07) is 9.76. The summed E-state index contributed by atoms with van der Waals surface area (Å²) in [4.78, 5) is 28.9. The molecule has 3 heterocycles. The largest absolute Gasteiger partial charge is 0.345 e. The molecule has 2 aromatic rings. The molecule has 2 aliphatic heterocycles. The van der Waals surface area contributed by atoms with Crippen molar-refractivity contribution in [3.05, 3.63) is 53.3 Å². The van der Waals surface area contributed by atoms with E-state index in [0.29, 0.717) is 25.1 Å². The monoisotopic (exact) mass is 324 g/mol. The summed E-state index contributed by atoms with van der Waals surface area (Å²) in [6.07, 6.45) is 4.32. The number of likely N-dealkylation sites (tertiary alicyclic amines) is 1. The average molecular weight is 324 g/mol. The van der Waals surface area contributed by atoms with Crippen LogP contribution in [0, 0.1) is 0 Å². The SMILES string of the molecule is O=C(c1cnn2c1CCN(Cc1ccccc1)C2=O)N1CCCC1. The molecule has 124 valence electrons. The fraction of sp³-hybridized carbons (Fsp3) is 0.389. The van der Waals surface area contributed by atoms with Gasteiger partial charge < -0.3 is 9.80 Å². The zero-order chi connectivity index (χ0) is 16.5. The minimum Gasteiger partial charge on any atom is -0.339 e. The third kappa shape index (κ3) is 2.58. The number of fused-ring (bicyclic) bond motifs is 1. The first-order valence-electron chi connectivity index (χ1n) is 8.43. The molecule has 24 heavy (non-hydrogen) atoms. The van der Waals surface area contributed by atoms with Gasteiger partial charge in [-0.1, -0.05) is 30.3 Å². The van der Waals surface area contributed by atoms with Crippen molar-refractivity contribution in [3.8, 4) is 0 Å². The molecule has 0 saturated carbocycles. The molecular formula is C18H20N4O2. The van der Waals surface area contributed by atoms with Crippen LogP contribution in [0.2, 0.25) is 0 Å². The standard InChI is InChI=1S/C18H20N4O2/c23-17(20-9-4-5-10-20)15-12-19-22-16(15)8-11-21(18(22)24)13-14-6-2-1-3-7-14/h1-3,6-7,12H,4-5,8-11,13H2. The molecule has 2 amide bonds. The van der Waals surface area contributed by atoms with Crippen LogP contribution >= 0.6 is 0 Å². The molecule has 0 aliphatic carbocycles. The number of aromatic nitrogens is 2. The molecule has 1 aromatic heterocycles. The molecule has 1 saturated heterocycles. The van der Waals surface area contributed by atoms with Crippen molar-refractivity contribution in [3.63, 3.8) is 0 Å². The second-order valence-electron chi connectivity index (χ2n) is 6.36. The molecule has 6 heteroatoms. The summed E-state index contributed by atoms with van der Waals surface area (Å²) < 4.78 is 1.40. The number of carbonyl (C=O) groups is 2. The van der Waals surface area contributed by atoms with Crippen molar-refractivity contribution >= 4 is 11.9 Å². The second-order valence-corrected chi connectivity index (χ2v) is 6.36. The highest BCUT2D eigenvalue weighted by atomic mass is 16.2. The van der Waals surface area contributed by atoms with Crippen molar-refractivity contribution in [2.45, 2.75) is 25.8 Å². The van der Waals surface area contributed by atoms with Crippen LogP contribution in [0.5, 0.6) is 0 Å². The Hall–Kier alpha value is -2.63. The first-order chi connectivity index (χ1) is 11.7. The van der Waals surface area contributed by atoms with Gasteiger partial charge in [-0.2, -0.15) is 9.78 Å². The summed E-state index contributed by atoms with van der Waals surface area (Å²) >= 11 is 0. The molecule has 0 unspecified atom stereocenters. The predicted octanol–water partition coefficient (Wildman–Crippen LogP) is 2.15. The average Bonchev–Trinajstić information content (AvgIpc) is 3.27. The minimum absolute atomic E-state index is 0.0121. The fourth-order valence-electron chi connectivity index (χ4n) is 3.47. The lowest BCUT2D eigenvalue weighted by molar-refractivity contribution is 0.0791. The normalized spacial score (nSPS) is 17.2. The number of nitrogens with zero attached hydrogens (tertiary/aromatic N) is 4. The highest BCUT2D eigenvalue weighted by Gasteiger charge is 2.31. The van der Waals surface area contributed by atoms with Crippen LogP contribution in [-0.4, -0.2) is 51.2 Å². The van der Waals surface area contributed by atoms with Crippen molar-refractivity contribution < 1.29 is 9.59 Å². The Morgan fingerprint density at radius 1 is 1.08 bits per heavy atom. The lowest BCUT2D eigenvalue weighted by atomic mass is 10.1. The third-order valence-electron chi connectivity index (χ3n) is 4.78. The van der Waals surface area contributed by atoms with Crippen LogP contribution in [0.15, 0.2) is 36.5 Å². The van der Waals surface area contributed by atoms with E-state index in [1.807, 2.05) is 35.2 Å². The van der Waals surface area contributed by atoms with Gasteiger partial charge in [0.15, 0.2) is 0 Å². The highest BCUT2D eigenvalue weighted by molar-refractivity contribution is 5.96. The van der Waals surface area contributed by atoms with Gasteiger partial charge in [-0.15, -0.1) is 0 Å².